The molecule has 0 aliphatic heterocycles. The summed E-state index contributed by atoms with van der Waals surface area (Å²) in [5, 5.41) is 5.13. The number of halogens is 1. The SMILES string of the molecule is CC(=O)Oc1cccc(NC(=O)NCc2ccccc2F)c1. The van der Waals surface area contributed by atoms with Crippen LogP contribution in [0.3, 0.4) is 0 Å². The minimum absolute atomic E-state index is 0.0716. The van der Waals surface area contributed by atoms with E-state index in [9.17, 15) is 14.0 Å². The van der Waals surface area contributed by atoms with Crippen molar-refractivity contribution in [1.82, 2.24) is 5.32 Å². The summed E-state index contributed by atoms with van der Waals surface area (Å²) in [6, 6.07) is 12.1. The Hall–Kier alpha value is -2.89. The Morgan fingerprint density at radius 2 is 1.91 bits per heavy atom. The van der Waals surface area contributed by atoms with Gasteiger partial charge in [0.25, 0.3) is 0 Å². The van der Waals surface area contributed by atoms with E-state index in [4.69, 9.17) is 4.74 Å². The number of esters is 1. The van der Waals surface area contributed by atoms with Gasteiger partial charge in [-0.15, -0.1) is 0 Å². The second-order valence-corrected chi connectivity index (χ2v) is 4.52. The zero-order valence-corrected chi connectivity index (χ0v) is 11.9. The Morgan fingerprint density at radius 1 is 1.14 bits per heavy atom. The van der Waals surface area contributed by atoms with Crippen molar-refractivity contribution >= 4 is 17.7 Å². The van der Waals surface area contributed by atoms with E-state index >= 15 is 0 Å². The molecule has 2 amide bonds. The Morgan fingerprint density at radius 3 is 2.64 bits per heavy atom. The van der Waals surface area contributed by atoms with Gasteiger partial charge in [-0.2, -0.15) is 0 Å². The molecule has 0 aromatic heterocycles. The summed E-state index contributed by atoms with van der Waals surface area (Å²) in [5.74, 6) is -0.486. The molecule has 0 saturated heterocycles. The summed E-state index contributed by atoms with van der Waals surface area (Å²) < 4.78 is 18.3. The summed E-state index contributed by atoms with van der Waals surface area (Å²) in [6.07, 6.45) is 0. The second-order valence-electron chi connectivity index (χ2n) is 4.52. The summed E-state index contributed by atoms with van der Waals surface area (Å²) in [4.78, 5) is 22.7. The van der Waals surface area contributed by atoms with Crippen molar-refractivity contribution in [3.63, 3.8) is 0 Å². The number of anilines is 1. The van der Waals surface area contributed by atoms with E-state index < -0.39 is 12.0 Å². The van der Waals surface area contributed by atoms with E-state index in [1.807, 2.05) is 0 Å². The van der Waals surface area contributed by atoms with Crippen LogP contribution < -0.4 is 15.4 Å². The van der Waals surface area contributed by atoms with Crippen LogP contribution in [0.15, 0.2) is 48.5 Å². The highest BCUT2D eigenvalue weighted by atomic mass is 19.1. The second kappa shape index (κ2) is 7.21. The third-order valence-electron chi connectivity index (χ3n) is 2.75. The molecule has 2 rings (SSSR count). The average molecular weight is 302 g/mol. The van der Waals surface area contributed by atoms with E-state index in [1.54, 1.807) is 36.4 Å². The predicted octanol–water partition coefficient (Wildman–Crippen LogP) is 3.07. The highest BCUT2D eigenvalue weighted by Gasteiger charge is 2.06. The summed E-state index contributed by atoms with van der Waals surface area (Å²) in [5.41, 5.74) is 0.857. The van der Waals surface area contributed by atoms with E-state index in [0.717, 1.165) is 0 Å². The number of nitrogens with one attached hydrogen (secondary N) is 2. The van der Waals surface area contributed by atoms with E-state index in [2.05, 4.69) is 10.6 Å². The molecular formula is C16H15FN2O3. The molecule has 0 spiro atoms. The lowest BCUT2D eigenvalue weighted by Gasteiger charge is -2.09. The molecule has 0 fully saturated rings. The van der Waals surface area contributed by atoms with Crippen molar-refractivity contribution in [2.24, 2.45) is 0 Å². The fraction of sp³-hybridized carbons (Fsp3) is 0.125. The monoisotopic (exact) mass is 302 g/mol. The lowest BCUT2D eigenvalue weighted by molar-refractivity contribution is -0.131. The molecule has 0 heterocycles. The van der Waals surface area contributed by atoms with Gasteiger partial charge in [0.05, 0.1) is 0 Å². The molecule has 0 radical (unpaired) electrons. The number of urea groups is 1. The molecule has 0 bridgehead atoms. The number of hydrogen-bond donors (Lipinski definition) is 2. The highest BCUT2D eigenvalue weighted by Crippen LogP contribution is 2.17. The predicted molar refractivity (Wildman–Crippen MR) is 80.0 cm³/mol. The molecule has 0 unspecified atom stereocenters. The smallest absolute Gasteiger partial charge is 0.319 e. The first-order chi connectivity index (χ1) is 10.5. The number of benzene rings is 2. The van der Waals surface area contributed by atoms with Gasteiger partial charge in [-0.25, -0.2) is 9.18 Å². The first-order valence-electron chi connectivity index (χ1n) is 6.61. The first kappa shape index (κ1) is 15.5. The fourth-order valence-corrected chi connectivity index (χ4v) is 1.80. The highest BCUT2D eigenvalue weighted by molar-refractivity contribution is 5.89. The van der Waals surface area contributed by atoms with E-state index in [-0.39, 0.29) is 12.4 Å². The molecule has 0 aliphatic carbocycles. The maximum absolute atomic E-state index is 13.4. The fourth-order valence-electron chi connectivity index (χ4n) is 1.80. The van der Waals surface area contributed by atoms with Crippen molar-refractivity contribution in [3.8, 4) is 5.75 Å². The first-order valence-corrected chi connectivity index (χ1v) is 6.61. The maximum Gasteiger partial charge on any atom is 0.319 e. The lowest BCUT2D eigenvalue weighted by atomic mass is 10.2. The molecule has 2 aromatic carbocycles. The molecule has 6 heteroatoms. The van der Waals surface area contributed by atoms with Gasteiger partial charge in [-0.3, -0.25) is 4.79 Å². The van der Waals surface area contributed by atoms with Gasteiger partial charge < -0.3 is 15.4 Å². The van der Waals surface area contributed by atoms with E-state index in [1.165, 1.54) is 19.1 Å². The molecule has 22 heavy (non-hydrogen) atoms. The number of ether oxygens (including phenoxy) is 1. The van der Waals surface area contributed by atoms with Gasteiger partial charge in [0, 0.05) is 30.8 Å². The molecule has 0 atom stereocenters. The Bertz CT molecular complexity index is 689. The molecule has 2 aromatic rings. The minimum Gasteiger partial charge on any atom is -0.427 e. The van der Waals surface area contributed by atoms with Gasteiger partial charge in [-0.1, -0.05) is 24.3 Å². The summed E-state index contributed by atoms with van der Waals surface area (Å²) >= 11 is 0. The van der Waals surface area contributed by atoms with Crippen LogP contribution in [0.1, 0.15) is 12.5 Å². The molecule has 2 N–H and O–H groups in total. The van der Waals surface area contributed by atoms with Crippen LogP contribution in [0.25, 0.3) is 0 Å². The average Bonchev–Trinajstić information content (AvgIpc) is 2.46. The largest absolute Gasteiger partial charge is 0.427 e. The van der Waals surface area contributed by atoms with Crippen molar-refractivity contribution in [2.75, 3.05) is 5.32 Å². The molecule has 0 saturated carbocycles. The van der Waals surface area contributed by atoms with Crippen LogP contribution in [-0.4, -0.2) is 12.0 Å². The number of rotatable bonds is 4. The topological polar surface area (TPSA) is 67.4 Å². The number of carbonyl (C=O) groups is 2. The Kier molecular flexibility index (Phi) is 5.08. The Labute approximate surface area is 127 Å². The summed E-state index contributed by atoms with van der Waals surface area (Å²) in [7, 11) is 0. The minimum atomic E-state index is -0.483. The van der Waals surface area contributed by atoms with Crippen molar-refractivity contribution in [3.05, 3.63) is 59.9 Å². The standard InChI is InChI=1S/C16H15FN2O3/c1-11(20)22-14-7-4-6-13(9-14)19-16(21)18-10-12-5-2-3-8-15(12)17/h2-9H,10H2,1H3,(H2,18,19,21). The van der Waals surface area contributed by atoms with Gasteiger partial charge >= 0.3 is 12.0 Å². The zero-order valence-electron chi connectivity index (χ0n) is 11.9. The van der Waals surface area contributed by atoms with Gasteiger partial charge in [0.1, 0.15) is 11.6 Å². The summed E-state index contributed by atoms with van der Waals surface area (Å²) in [6.45, 7) is 1.36. The van der Waals surface area contributed by atoms with Crippen molar-refractivity contribution < 1.29 is 18.7 Å². The quantitative estimate of drug-likeness (QED) is 0.673. The normalized spacial score (nSPS) is 9.91. The van der Waals surface area contributed by atoms with Crippen LogP contribution >= 0.6 is 0 Å². The molecule has 0 aliphatic rings. The van der Waals surface area contributed by atoms with E-state index in [0.29, 0.717) is 17.0 Å². The third kappa shape index (κ3) is 4.59. The molecule has 114 valence electrons. The van der Waals surface area contributed by atoms with Crippen molar-refractivity contribution in [2.45, 2.75) is 13.5 Å². The van der Waals surface area contributed by atoms with Crippen LogP contribution in [0.4, 0.5) is 14.9 Å². The van der Waals surface area contributed by atoms with Crippen LogP contribution in [-0.2, 0) is 11.3 Å². The van der Waals surface area contributed by atoms with Gasteiger partial charge in [0.2, 0.25) is 0 Å². The van der Waals surface area contributed by atoms with Crippen LogP contribution in [0.5, 0.6) is 5.75 Å². The third-order valence-corrected chi connectivity index (χ3v) is 2.75. The number of carbonyl (C=O) groups excluding carboxylic acids is 2. The Balaban J connectivity index is 1.92. The maximum atomic E-state index is 13.4. The van der Waals surface area contributed by atoms with Crippen LogP contribution in [0, 0.1) is 5.82 Å². The molecular weight excluding hydrogens is 287 g/mol. The van der Waals surface area contributed by atoms with Gasteiger partial charge in [0.15, 0.2) is 0 Å². The molecule has 5 nitrogen and oxygen atoms in total. The number of amides is 2. The zero-order chi connectivity index (χ0) is 15.9. The number of hydrogen-bond acceptors (Lipinski definition) is 3. The lowest BCUT2D eigenvalue weighted by Crippen LogP contribution is -2.28. The van der Waals surface area contributed by atoms with Gasteiger partial charge in [-0.05, 0) is 18.2 Å². The van der Waals surface area contributed by atoms with Crippen LogP contribution in [0.2, 0.25) is 0 Å². The van der Waals surface area contributed by atoms with Crippen molar-refractivity contribution in [1.29, 1.82) is 0 Å².